The second kappa shape index (κ2) is 6.21. The lowest BCUT2D eigenvalue weighted by atomic mass is 9.83. The zero-order valence-electron chi connectivity index (χ0n) is 14.6. The van der Waals surface area contributed by atoms with Gasteiger partial charge in [-0.25, -0.2) is 8.42 Å². The predicted molar refractivity (Wildman–Crippen MR) is 97.9 cm³/mol. The van der Waals surface area contributed by atoms with Crippen LogP contribution in [0, 0.1) is 6.92 Å². The van der Waals surface area contributed by atoms with E-state index in [-0.39, 0.29) is 5.78 Å². The molecule has 0 aliphatic carbocycles. The second-order valence-electron chi connectivity index (χ2n) is 7.10. The summed E-state index contributed by atoms with van der Waals surface area (Å²) in [5.41, 5.74) is 1.07. The lowest BCUT2D eigenvalue weighted by molar-refractivity contribution is 0.00589. The van der Waals surface area contributed by atoms with Crippen molar-refractivity contribution in [2.24, 2.45) is 0 Å². The molecule has 1 spiro atoms. The van der Waals surface area contributed by atoms with Gasteiger partial charge in [0.05, 0.1) is 16.9 Å². The van der Waals surface area contributed by atoms with E-state index in [1.54, 1.807) is 30.3 Å². The third-order valence-corrected chi connectivity index (χ3v) is 7.17. The average molecular weight is 371 g/mol. The van der Waals surface area contributed by atoms with Crippen molar-refractivity contribution >= 4 is 15.8 Å². The Morgan fingerprint density at radius 3 is 2.42 bits per heavy atom. The fourth-order valence-corrected chi connectivity index (χ4v) is 5.22. The summed E-state index contributed by atoms with van der Waals surface area (Å²) >= 11 is 0. The number of hydrogen-bond acceptors (Lipinski definition) is 4. The molecule has 5 nitrogen and oxygen atoms in total. The molecule has 136 valence electrons. The quantitative estimate of drug-likeness (QED) is 0.813. The maximum atomic E-state index is 12.8. The van der Waals surface area contributed by atoms with E-state index in [1.165, 1.54) is 4.31 Å². The van der Waals surface area contributed by atoms with Crippen LogP contribution in [-0.4, -0.2) is 37.2 Å². The average Bonchev–Trinajstić information content (AvgIpc) is 2.64. The summed E-state index contributed by atoms with van der Waals surface area (Å²) < 4.78 is 33.3. The Balaban J connectivity index is 1.54. The van der Waals surface area contributed by atoms with E-state index in [9.17, 15) is 13.2 Å². The lowest BCUT2D eigenvalue weighted by Crippen LogP contribution is -2.52. The van der Waals surface area contributed by atoms with Gasteiger partial charge in [-0.15, -0.1) is 0 Å². The fourth-order valence-electron chi connectivity index (χ4n) is 3.76. The van der Waals surface area contributed by atoms with Crippen molar-refractivity contribution in [2.75, 3.05) is 13.1 Å². The van der Waals surface area contributed by atoms with E-state index in [2.05, 4.69) is 0 Å². The van der Waals surface area contributed by atoms with E-state index < -0.39 is 15.6 Å². The van der Waals surface area contributed by atoms with Gasteiger partial charge in [0.2, 0.25) is 10.0 Å². The molecule has 0 unspecified atom stereocenters. The molecule has 2 aliphatic rings. The first-order valence-electron chi connectivity index (χ1n) is 8.78. The van der Waals surface area contributed by atoms with Crippen LogP contribution in [-0.2, 0) is 10.0 Å². The van der Waals surface area contributed by atoms with E-state index in [0.717, 1.165) is 5.56 Å². The molecule has 0 bridgehead atoms. The van der Waals surface area contributed by atoms with E-state index >= 15 is 0 Å². The van der Waals surface area contributed by atoms with Crippen LogP contribution in [0.15, 0.2) is 53.4 Å². The summed E-state index contributed by atoms with van der Waals surface area (Å²) in [7, 11) is -3.50. The van der Waals surface area contributed by atoms with Gasteiger partial charge in [0.25, 0.3) is 0 Å². The molecule has 0 amide bonds. The van der Waals surface area contributed by atoms with Gasteiger partial charge in [0.15, 0.2) is 5.78 Å². The molecule has 0 aromatic heterocycles. The van der Waals surface area contributed by atoms with Gasteiger partial charge in [-0.3, -0.25) is 4.79 Å². The summed E-state index contributed by atoms with van der Waals surface area (Å²) in [6.45, 7) is 2.66. The Morgan fingerprint density at radius 2 is 1.73 bits per heavy atom. The third-order valence-electron chi connectivity index (χ3n) is 5.26. The summed E-state index contributed by atoms with van der Waals surface area (Å²) in [5.74, 6) is 0.695. The maximum Gasteiger partial charge on any atom is 0.243 e. The number of sulfonamides is 1. The van der Waals surface area contributed by atoms with Crippen LogP contribution in [0.2, 0.25) is 0 Å². The first-order chi connectivity index (χ1) is 12.4. The molecular formula is C20H21NO4S. The number of Topliss-reactive ketones (excluding diaryl/α,β-unsaturated/α-hetero) is 1. The molecule has 2 heterocycles. The summed E-state index contributed by atoms with van der Waals surface area (Å²) in [4.78, 5) is 12.9. The number of piperidine rings is 1. The van der Waals surface area contributed by atoms with Crippen molar-refractivity contribution in [1.29, 1.82) is 0 Å². The van der Waals surface area contributed by atoms with E-state index in [4.69, 9.17) is 4.74 Å². The first kappa shape index (κ1) is 17.2. The molecule has 2 aromatic carbocycles. The minimum Gasteiger partial charge on any atom is -0.486 e. The third kappa shape index (κ3) is 2.93. The molecule has 0 atom stereocenters. The molecule has 26 heavy (non-hydrogen) atoms. The van der Waals surface area contributed by atoms with Crippen molar-refractivity contribution in [3.63, 3.8) is 0 Å². The van der Waals surface area contributed by atoms with Crippen molar-refractivity contribution in [1.82, 2.24) is 4.31 Å². The number of benzene rings is 2. The summed E-state index contributed by atoms with van der Waals surface area (Å²) in [6, 6.07) is 14.1. The monoisotopic (exact) mass is 371 g/mol. The summed E-state index contributed by atoms with van der Waals surface area (Å²) in [5, 5.41) is 0. The molecule has 0 N–H and O–H groups in total. The van der Waals surface area contributed by atoms with Crippen LogP contribution in [0.3, 0.4) is 0 Å². The van der Waals surface area contributed by atoms with E-state index in [0.29, 0.717) is 48.6 Å². The molecule has 0 radical (unpaired) electrons. The number of fused-ring (bicyclic) bond motifs is 1. The van der Waals surface area contributed by atoms with Gasteiger partial charge in [0.1, 0.15) is 11.4 Å². The summed E-state index contributed by atoms with van der Waals surface area (Å²) in [6.07, 6.45) is 1.33. The number of hydrogen-bond donors (Lipinski definition) is 0. The highest BCUT2D eigenvalue weighted by atomic mass is 32.2. The van der Waals surface area contributed by atoms with Crippen LogP contribution < -0.4 is 4.74 Å². The fraction of sp³-hybridized carbons (Fsp3) is 0.350. The number of ketones is 1. The number of ether oxygens (including phenoxy) is 1. The van der Waals surface area contributed by atoms with E-state index in [1.807, 2.05) is 25.1 Å². The van der Waals surface area contributed by atoms with Crippen LogP contribution in [0.5, 0.6) is 5.75 Å². The Kier molecular flexibility index (Phi) is 4.12. The van der Waals surface area contributed by atoms with Crippen molar-refractivity contribution in [2.45, 2.75) is 36.7 Å². The number of rotatable bonds is 2. The highest BCUT2D eigenvalue weighted by molar-refractivity contribution is 7.89. The standard InChI is InChI=1S/C20H21NO4S/c1-15-7-8-19-17(13-15)18(22)14-20(25-19)9-11-21(12-10-20)26(23,24)16-5-3-2-4-6-16/h2-8,13H,9-12,14H2,1H3. The van der Waals surface area contributed by atoms with Crippen molar-refractivity contribution in [3.8, 4) is 5.75 Å². The van der Waals surface area contributed by atoms with Crippen molar-refractivity contribution < 1.29 is 17.9 Å². The SMILES string of the molecule is Cc1ccc2c(c1)C(=O)CC1(CCN(S(=O)(=O)c3ccccc3)CC1)O2. The number of carbonyl (C=O) groups excluding carboxylic acids is 1. The number of aryl methyl sites for hydroxylation is 1. The minimum absolute atomic E-state index is 0.0781. The molecule has 4 rings (SSSR count). The minimum atomic E-state index is -3.50. The lowest BCUT2D eigenvalue weighted by Gasteiger charge is -2.43. The Bertz CT molecular complexity index is 945. The van der Waals surface area contributed by atoms with Gasteiger partial charge >= 0.3 is 0 Å². The Labute approximate surface area is 153 Å². The largest absolute Gasteiger partial charge is 0.486 e. The van der Waals surface area contributed by atoms with Gasteiger partial charge in [-0.2, -0.15) is 4.31 Å². The van der Waals surface area contributed by atoms with Gasteiger partial charge < -0.3 is 4.74 Å². The van der Waals surface area contributed by atoms with Crippen LogP contribution in [0.1, 0.15) is 35.2 Å². The van der Waals surface area contributed by atoms with Crippen LogP contribution >= 0.6 is 0 Å². The molecule has 0 saturated carbocycles. The second-order valence-corrected chi connectivity index (χ2v) is 9.04. The Morgan fingerprint density at radius 1 is 1.04 bits per heavy atom. The zero-order chi connectivity index (χ0) is 18.4. The van der Waals surface area contributed by atoms with Crippen LogP contribution in [0.25, 0.3) is 0 Å². The van der Waals surface area contributed by atoms with Gasteiger partial charge in [-0.05, 0) is 31.2 Å². The van der Waals surface area contributed by atoms with Gasteiger partial charge in [-0.1, -0.05) is 29.8 Å². The topological polar surface area (TPSA) is 63.7 Å². The maximum absolute atomic E-state index is 12.8. The smallest absolute Gasteiger partial charge is 0.243 e. The van der Waals surface area contributed by atoms with Crippen molar-refractivity contribution in [3.05, 3.63) is 59.7 Å². The van der Waals surface area contributed by atoms with Crippen LogP contribution in [0.4, 0.5) is 0 Å². The molecule has 2 aliphatic heterocycles. The van der Waals surface area contributed by atoms with Gasteiger partial charge in [0, 0.05) is 25.9 Å². The Hall–Kier alpha value is -2.18. The number of nitrogens with zero attached hydrogens (tertiary/aromatic N) is 1. The zero-order valence-corrected chi connectivity index (χ0v) is 15.5. The molecule has 6 heteroatoms. The first-order valence-corrected chi connectivity index (χ1v) is 10.2. The molecular weight excluding hydrogens is 350 g/mol. The molecule has 1 saturated heterocycles. The highest BCUT2D eigenvalue weighted by Gasteiger charge is 2.45. The predicted octanol–water partition coefficient (Wildman–Crippen LogP) is 3.18. The normalized spacial score (nSPS) is 19.8. The molecule has 1 fully saturated rings. The number of carbonyl (C=O) groups is 1. The molecule has 2 aromatic rings. The highest BCUT2D eigenvalue weighted by Crippen LogP contribution is 2.40.